The average molecular weight is 214 g/mol. The lowest BCUT2D eigenvalue weighted by Gasteiger charge is -2.22. The maximum Gasteiger partial charge on any atom is 0.220 e. The van der Waals surface area contributed by atoms with Crippen LogP contribution in [-0.2, 0) is 9.59 Å². The lowest BCUT2D eigenvalue weighted by Crippen LogP contribution is -2.39. The second kappa shape index (κ2) is 7.40. The molecule has 0 aliphatic heterocycles. The van der Waals surface area contributed by atoms with E-state index in [1.807, 2.05) is 14.1 Å². The first kappa shape index (κ1) is 14.1. The van der Waals surface area contributed by atoms with E-state index in [1.165, 1.54) is 6.92 Å². The van der Waals surface area contributed by atoms with E-state index in [4.69, 9.17) is 0 Å². The lowest BCUT2D eigenvalue weighted by molar-refractivity contribution is -0.124. The van der Waals surface area contributed by atoms with Crippen LogP contribution in [0, 0.1) is 0 Å². The molecule has 1 N–H and O–H groups in total. The number of Topliss-reactive ketones (excluding diaryl/α,β-unsaturated/α-hetero) is 1. The van der Waals surface area contributed by atoms with Crippen LogP contribution in [-0.4, -0.2) is 43.3 Å². The predicted octanol–water partition coefficient (Wildman–Crippen LogP) is 0.812. The molecular weight excluding hydrogens is 192 g/mol. The summed E-state index contributed by atoms with van der Waals surface area (Å²) in [6, 6.07) is 0.367. The summed E-state index contributed by atoms with van der Waals surface area (Å²) < 4.78 is 0. The van der Waals surface area contributed by atoms with Crippen LogP contribution in [0.5, 0.6) is 0 Å². The van der Waals surface area contributed by atoms with E-state index in [1.54, 1.807) is 0 Å². The summed E-state index contributed by atoms with van der Waals surface area (Å²) in [5.74, 6) is 0.0234. The van der Waals surface area contributed by atoms with Gasteiger partial charge in [0, 0.05) is 25.4 Å². The van der Waals surface area contributed by atoms with Crippen molar-refractivity contribution in [3.8, 4) is 0 Å². The van der Waals surface area contributed by atoms with Gasteiger partial charge < -0.3 is 15.0 Å². The molecule has 1 amide bonds. The fourth-order valence-corrected chi connectivity index (χ4v) is 1.30. The summed E-state index contributed by atoms with van der Waals surface area (Å²) in [6.07, 6.45) is 1.64. The molecule has 88 valence electrons. The molecule has 0 aromatic rings. The van der Waals surface area contributed by atoms with Gasteiger partial charge in [-0.15, -0.1) is 0 Å². The second-order valence-electron chi connectivity index (χ2n) is 4.03. The molecule has 0 saturated carbocycles. The molecule has 0 radical (unpaired) electrons. The van der Waals surface area contributed by atoms with Crippen molar-refractivity contribution in [2.75, 3.05) is 20.6 Å². The fraction of sp³-hybridized carbons (Fsp3) is 0.818. The predicted molar refractivity (Wildman–Crippen MR) is 60.7 cm³/mol. The van der Waals surface area contributed by atoms with E-state index < -0.39 is 0 Å². The van der Waals surface area contributed by atoms with Gasteiger partial charge in [0.1, 0.15) is 5.78 Å². The number of nitrogens with zero attached hydrogens (tertiary/aromatic N) is 1. The monoisotopic (exact) mass is 214 g/mol. The van der Waals surface area contributed by atoms with Gasteiger partial charge in [-0.05, 0) is 27.4 Å². The second-order valence-corrected chi connectivity index (χ2v) is 4.03. The van der Waals surface area contributed by atoms with E-state index in [2.05, 4.69) is 17.1 Å². The molecule has 0 bridgehead atoms. The van der Waals surface area contributed by atoms with Crippen LogP contribution in [0.15, 0.2) is 0 Å². The minimum Gasteiger partial charge on any atom is -0.355 e. The molecule has 15 heavy (non-hydrogen) atoms. The third-order valence-electron chi connectivity index (χ3n) is 2.44. The van der Waals surface area contributed by atoms with Crippen molar-refractivity contribution in [3.05, 3.63) is 0 Å². The first-order chi connectivity index (χ1) is 6.97. The zero-order valence-electron chi connectivity index (χ0n) is 10.2. The molecule has 0 aliphatic rings. The Morgan fingerprint density at radius 2 is 1.87 bits per heavy atom. The summed E-state index contributed by atoms with van der Waals surface area (Å²) in [4.78, 5) is 24.1. The maximum absolute atomic E-state index is 11.3. The summed E-state index contributed by atoms with van der Waals surface area (Å²) in [5.41, 5.74) is 0. The first-order valence-electron chi connectivity index (χ1n) is 5.40. The molecular formula is C11H22N2O2. The first-order valence-corrected chi connectivity index (χ1v) is 5.40. The van der Waals surface area contributed by atoms with Gasteiger partial charge in [-0.1, -0.05) is 6.92 Å². The number of carbonyl (C=O) groups excluding carboxylic acids is 2. The number of carbonyl (C=O) groups is 2. The van der Waals surface area contributed by atoms with Gasteiger partial charge in [-0.2, -0.15) is 0 Å². The van der Waals surface area contributed by atoms with Crippen molar-refractivity contribution in [2.45, 2.75) is 39.2 Å². The summed E-state index contributed by atoms with van der Waals surface area (Å²) in [6.45, 7) is 4.24. The van der Waals surface area contributed by atoms with Crippen molar-refractivity contribution in [1.29, 1.82) is 0 Å². The zero-order valence-corrected chi connectivity index (χ0v) is 10.2. The minimum atomic E-state index is -0.0366. The molecule has 0 heterocycles. The molecule has 1 atom stereocenters. The van der Waals surface area contributed by atoms with Gasteiger partial charge in [0.15, 0.2) is 0 Å². The Labute approximate surface area is 92.0 Å². The zero-order chi connectivity index (χ0) is 11.8. The average Bonchev–Trinajstić information content (AvgIpc) is 2.15. The third kappa shape index (κ3) is 7.08. The Kier molecular flexibility index (Phi) is 6.96. The van der Waals surface area contributed by atoms with Gasteiger partial charge in [0.05, 0.1) is 0 Å². The summed E-state index contributed by atoms with van der Waals surface area (Å²) in [7, 11) is 3.99. The number of amides is 1. The largest absolute Gasteiger partial charge is 0.355 e. The molecule has 4 nitrogen and oxygen atoms in total. The normalized spacial score (nSPS) is 12.6. The number of likely N-dealkylation sites (N-methyl/N-ethyl adjacent to an activating group) is 1. The van der Waals surface area contributed by atoms with Crippen LogP contribution < -0.4 is 5.32 Å². The van der Waals surface area contributed by atoms with Gasteiger partial charge in [0.2, 0.25) is 5.91 Å². The summed E-state index contributed by atoms with van der Waals surface area (Å²) >= 11 is 0. The maximum atomic E-state index is 11.3. The number of ketones is 1. The molecule has 0 fully saturated rings. The van der Waals surface area contributed by atoms with Crippen LogP contribution in [0.25, 0.3) is 0 Å². The molecule has 0 aliphatic carbocycles. The van der Waals surface area contributed by atoms with Crippen LogP contribution in [0.4, 0.5) is 0 Å². The van der Waals surface area contributed by atoms with Gasteiger partial charge in [-0.25, -0.2) is 0 Å². The van der Waals surface area contributed by atoms with E-state index in [0.29, 0.717) is 25.4 Å². The fourth-order valence-electron chi connectivity index (χ4n) is 1.30. The molecule has 1 unspecified atom stereocenters. The van der Waals surface area contributed by atoms with E-state index >= 15 is 0 Å². The van der Waals surface area contributed by atoms with Gasteiger partial charge in [0.25, 0.3) is 0 Å². The highest BCUT2D eigenvalue weighted by Gasteiger charge is 2.10. The Morgan fingerprint density at radius 3 is 2.27 bits per heavy atom. The molecule has 0 aromatic heterocycles. The molecule has 4 heteroatoms. The van der Waals surface area contributed by atoms with Crippen LogP contribution in [0.3, 0.4) is 0 Å². The SMILES string of the molecule is CCC(CNC(=O)CCC(C)=O)N(C)C. The molecule has 0 spiro atoms. The lowest BCUT2D eigenvalue weighted by atomic mass is 10.2. The Bertz CT molecular complexity index is 215. The molecule has 0 saturated heterocycles. The van der Waals surface area contributed by atoms with Crippen molar-refractivity contribution < 1.29 is 9.59 Å². The smallest absolute Gasteiger partial charge is 0.220 e. The Morgan fingerprint density at radius 1 is 1.27 bits per heavy atom. The van der Waals surface area contributed by atoms with E-state index in [0.717, 1.165) is 6.42 Å². The molecule has 0 aromatic carbocycles. The topological polar surface area (TPSA) is 49.4 Å². The number of nitrogens with one attached hydrogen (secondary N) is 1. The van der Waals surface area contributed by atoms with Gasteiger partial charge >= 0.3 is 0 Å². The number of hydrogen-bond donors (Lipinski definition) is 1. The standard InChI is InChI=1S/C11H22N2O2/c1-5-10(13(3)4)8-12-11(15)7-6-9(2)14/h10H,5-8H2,1-4H3,(H,12,15). The highest BCUT2D eigenvalue weighted by atomic mass is 16.2. The Hall–Kier alpha value is -0.900. The minimum absolute atomic E-state index is 0.0366. The third-order valence-corrected chi connectivity index (χ3v) is 2.44. The number of rotatable bonds is 7. The van der Waals surface area contributed by atoms with Gasteiger partial charge in [-0.3, -0.25) is 4.79 Å². The highest BCUT2D eigenvalue weighted by Crippen LogP contribution is 1.97. The Balaban J connectivity index is 3.73. The van der Waals surface area contributed by atoms with Crippen molar-refractivity contribution in [1.82, 2.24) is 10.2 Å². The van der Waals surface area contributed by atoms with E-state index in [9.17, 15) is 9.59 Å². The quantitative estimate of drug-likeness (QED) is 0.682. The van der Waals surface area contributed by atoms with Crippen LogP contribution in [0.1, 0.15) is 33.1 Å². The van der Waals surface area contributed by atoms with Crippen molar-refractivity contribution >= 4 is 11.7 Å². The highest BCUT2D eigenvalue weighted by molar-refractivity contribution is 5.83. The van der Waals surface area contributed by atoms with Crippen molar-refractivity contribution in [2.24, 2.45) is 0 Å². The number of hydrogen-bond acceptors (Lipinski definition) is 3. The van der Waals surface area contributed by atoms with Crippen molar-refractivity contribution in [3.63, 3.8) is 0 Å². The molecule has 0 rings (SSSR count). The van der Waals surface area contributed by atoms with E-state index in [-0.39, 0.29) is 11.7 Å². The van der Waals surface area contributed by atoms with Crippen LogP contribution >= 0.6 is 0 Å². The van der Waals surface area contributed by atoms with Crippen LogP contribution in [0.2, 0.25) is 0 Å². The summed E-state index contributed by atoms with van der Waals surface area (Å²) in [5, 5.41) is 2.84.